The molecule has 0 aliphatic rings. The van der Waals surface area contributed by atoms with E-state index in [0.29, 0.717) is 29.3 Å². The summed E-state index contributed by atoms with van der Waals surface area (Å²) < 4.78 is 0. The standard InChI is InChI=1S/C26H20N8O/c1-2-23(35)30-17-9-16(12-28-13-17)21-10-19-22(14-29-21)33-34-25(19)26-31-20-7-3-6-18(24(20)32-26)15-5-4-8-27-11-15/h3-14H,2H2,1H3,(H,30,35)(H,31,32)(H,33,34). The first-order valence-corrected chi connectivity index (χ1v) is 11.2. The maximum absolute atomic E-state index is 11.8. The number of pyridine rings is 3. The minimum absolute atomic E-state index is 0.0694. The van der Waals surface area contributed by atoms with Crippen molar-refractivity contribution >= 4 is 33.5 Å². The number of carbonyl (C=O) groups excluding carboxylic acids is 1. The minimum atomic E-state index is -0.0694. The number of nitrogens with one attached hydrogen (secondary N) is 3. The van der Waals surface area contributed by atoms with E-state index in [2.05, 4.69) is 35.5 Å². The first-order valence-electron chi connectivity index (χ1n) is 11.2. The van der Waals surface area contributed by atoms with Crippen LogP contribution in [0, 0.1) is 0 Å². The third kappa shape index (κ3) is 3.78. The van der Waals surface area contributed by atoms with Gasteiger partial charge in [0.1, 0.15) is 5.69 Å². The number of hydrogen-bond acceptors (Lipinski definition) is 6. The molecular formula is C26H20N8O. The van der Waals surface area contributed by atoms with E-state index in [1.54, 1.807) is 31.7 Å². The van der Waals surface area contributed by atoms with Crippen molar-refractivity contribution in [3.63, 3.8) is 0 Å². The van der Waals surface area contributed by atoms with Crippen molar-refractivity contribution in [1.29, 1.82) is 0 Å². The molecule has 0 saturated carbocycles. The van der Waals surface area contributed by atoms with Crippen molar-refractivity contribution < 1.29 is 4.79 Å². The van der Waals surface area contributed by atoms with Gasteiger partial charge in [0.15, 0.2) is 5.82 Å². The molecule has 9 nitrogen and oxygen atoms in total. The summed E-state index contributed by atoms with van der Waals surface area (Å²) in [6.07, 6.45) is 9.05. The van der Waals surface area contributed by atoms with Crippen LogP contribution in [0.2, 0.25) is 0 Å². The highest BCUT2D eigenvalue weighted by molar-refractivity contribution is 5.98. The number of anilines is 1. The maximum atomic E-state index is 11.8. The van der Waals surface area contributed by atoms with E-state index < -0.39 is 0 Å². The number of H-pyrrole nitrogens is 2. The van der Waals surface area contributed by atoms with Gasteiger partial charge in [-0.25, -0.2) is 4.98 Å². The van der Waals surface area contributed by atoms with E-state index >= 15 is 0 Å². The summed E-state index contributed by atoms with van der Waals surface area (Å²) in [6, 6.07) is 13.8. The number of amides is 1. The quantitative estimate of drug-likeness (QED) is 0.333. The predicted octanol–water partition coefficient (Wildman–Crippen LogP) is 4.97. The summed E-state index contributed by atoms with van der Waals surface area (Å²) in [4.78, 5) is 33.1. The molecule has 3 N–H and O–H groups in total. The Bertz CT molecular complexity index is 1690. The number of nitrogens with zero attached hydrogens (tertiary/aromatic N) is 5. The van der Waals surface area contributed by atoms with Gasteiger partial charge in [-0.1, -0.05) is 25.1 Å². The van der Waals surface area contributed by atoms with Gasteiger partial charge in [-0.2, -0.15) is 5.10 Å². The zero-order valence-electron chi connectivity index (χ0n) is 18.8. The zero-order valence-corrected chi connectivity index (χ0v) is 18.8. The van der Waals surface area contributed by atoms with Gasteiger partial charge in [0.25, 0.3) is 0 Å². The van der Waals surface area contributed by atoms with Crippen molar-refractivity contribution in [2.24, 2.45) is 0 Å². The Labute approximate surface area is 199 Å². The fraction of sp³-hybridized carbons (Fsp3) is 0.0769. The molecule has 0 bridgehead atoms. The molecule has 0 saturated heterocycles. The number of aromatic amines is 2. The maximum Gasteiger partial charge on any atom is 0.224 e. The molecule has 5 aromatic heterocycles. The van der Waals surface area contributed by atoms with Crippen molar-refractivity contribution in [2.45, 2.75) is 13.3 Å². The molecule has 5 heterocycles. The average molecular weight is 461 g/mol. The number of benzene rings is 1. The van der Waals surface area contributed by atoms with Crippen LogP contribution in [0.5, 0.6) is 0 Å². The minimum Gasteiger partial charge on any atom is -0.337 e. The van der Waals surface area contributed by atoms with Crippen LogP contribution in [0.25, 0.3) is 55.8 Å². The molecule has 35 heavy (non-hydrogen) atoms. The molecule has 170 valence electrons. The smallest absolute Gasteiger partial charge is 0.224 e. The first kappa shape index (κ1) is 20.7. The highest BCUT2D eigenvalue weighted by atomic mass is 16.1. The van der Waals surface area contributed by atoms with Crippen molar-refractivity contribution in [2.75, 3.05) is 5.32 Å². The summed E-state index contributed by atoms with van der Waals surface area (Å²) in [5.41, 5.74) is 7.38. The van der Waals surface area contributed by atoms with Gasteiger partial charge in [0.2, 0.25) is 5.91 Å². The monoisotopic (exact) mass is 460 g/mol. The highest BCUT2D eigenvalue weighted by Gasteiger charge is 2.16. The zero-order chi connectivity index (χ0) is 23.8. The van der Waals surface area contributed by atoms with E-state index in [1.165, 1.54) is 0 Å². The van der Waals surface area contributed by atoms with Gasteiger partial charge < -0.3 is 10.3 Å². The lowest BCUT2D eigenvalue weighted by molar-refractivity contribution is -0.115. The topological polar surface area (TPSA) is 125 Å². The van der Waals surface area contributed by atoms with Gasteiger partial charge in [-0.05, 0) is 24.3 Å². The fourth-order valence-corrected chi connectivity index (χ4v) is 4.05. The van der Waals surface area contributed by atoms with Gasteiger partial charge in [-0.15, -0.1) is 0 Å². The van der Waals surface area contributed by atoms with Crippen molar-refractivity contribution in [3.8, 4) is 33.9 Å². The van der Waals surface area contributed by atoms with Crippen molar-refractivity contribution in [3.05, 3.63) is 73.4 Å². The number of fused-ring (bicyclic) bond motifs is 2. The molecule has 0 unspecified atom stereocenters. The fourth-order valence-electron chi connectivity index (χ4n) is 4.05. The second-order valence-corrected chi connectivity index (χ2v) is 8.08. The van der Waals surface area contributed by atoms with Gasteiger partial charge >= 0.3 is 0 Å². The third-order valence-electron chi connectivity index (χ3n) is 5.80. The molecule has 0 aliphatic carbocycles. The molecule has 1 amide bonds. The highest BCUT2D eigenvalue weighted by Crippen LogP contribution is 2.32. The molecule has 6 rings (SSSR count). The van der Waals surface area contributed by atoms with E-state index in [9.17, 15) is 4.79 Å². The lowest BCUT2D eigenvalue weighted by Gasteiger charge is -2.06. The Morgan fingerprint density at radius 3 is 2.74 bits per heavy atom. The summed E-state index contributed by atoms with van der Waals surface area (Å²) in [5.74, 6) is 0.585. The van der Waals surface area contributed by atoms with Crippen LogP contribution in [0.1, 0.15) is 13.3 Å². The average Bonchev–Trinajstić information content (AvgIpc) is 3.53. The first-order chi connectivity index (χ1) is 17.2. The molecule has 0 aliphatic heterocycles. The predicted molar refractivity (Wildman–Crippen MR) is 134 cm³/mol. The summed E-state index contributed by atoms with van der Waals surface area (Å²) >= 11 is 0. The molecule has 9 heteroatoms. The van der Waals surface area contributed by atoms with Crippen LogP contribution in [0.3, 0.4) is 0 Å². The molecule has 6 aromatic rings. The van der Waals surface area contributed by atoms with Gasteiger partial charge in [0.05, 0.1) is 40.3 Å². The van der Waals surface area contributed by atoms with E-state index in [0.717, 1.165) is 38.6 Å². The Morgan fingerprint density at radius 2 is 1.89 bits per heavy atom. The Morgan fingerprint density at radius 1 is 0.971 bits per heavy atom. The lowest BCUT2D eigenvalue weighted by atomic mass is 10.1. The normalized spacial score (nSPS) is 11.2. The number of aromatic nitrogens is 7. The second-order valence-electron chi connectivity index (χ2n) is 8.08. The van der Waals surface area contributed by atoms with Crippen LogP contribution >= 0.6 is 0 Å². The van der Waals surface area contributed by atoms with Gasteiger partial charge in [0, 0.05) is 47.1 Å². The Kier molecular flexibility index (Phi) is 4.99. The van der Waals surface area contributed by atoms with Crippen LogP contribution in [0.15, 0.2) is 73.4 Å². The Balaban J connectivity index is 1.43. The van der Waals surface area contributed by atoms with E-state index in [1.807, 2.05) is 48.7 Å². The Hall–Kier alpha value is -4.92. The molecule has 1 aromatic carbocycles. The molecular weight excluding hydrogens is 440 g/mol. The molecule has 0 atom stereocenters. The molecule has 0 fully saturated rings. The number of hydrogen-bond donors (Lipinski definition) is 3. The second kappa shape index (κ2) is 8.45. The summed E-state index contributed by atoms with van der Waals surface area (Å²) in [6.45, 7) is 1.81. The van der Waals surface area contributed by atoms with Gasteiger partial charge in [-0.3, -0.25) is 24.8 Å². The van der Waals surface area contributed by atoms with E-state index in [4.69, 9.17) is 4.98 Å². The van der Waals surface area contributed by atoms with E-state index in [-0.39, 0.29) is 5.91 Å². The lowest BCUT2D eigenvalue weighted by Crippen LogP contribution is -2.09. The van der Waals surface area contributed by atoms with Crippen molar-refractivity contribution in [1.82, 2.24) is 35.1 Å². The van der Waals surface area contributed by atoms with Crippen LogP contribution in [-0.2, 0) is 4.79 Å². The number of para-hydroxylation sites is 1. The molecule has 0 spiro atoms. The summed E-state index contributed by atoms with van der Waals surface area (Å²) in [5, 5.41) is 11.3. The van der Waals surface area contributed by atoms with Crippen LogP contribution < -0.4 is 5.32 Å². The number of rotatable bonds is 5. The number of imidazole rings is 1. The molecule has 0 radical (unpaired) electrons. The SMILES string of the molecule is CCC(=O)Nc1cncc(-c2cc3c(-c4nc5c(-c6cccnc6)cccc5[nH]4)n[nH]c3cn2)c1. The summed E-state index contributed by atoms with van der Waals surface area (Å²) in [7, 11) is 0. The van der Waals surface area contributed by atoms with Crippen LogP contribution in [0.4, 0.5) is 5.69 Å². The number of carbonyl (C=O) groups is 1. The largest absolute Gasteiger partial charge is 0.337 e. The third-order valence-corrected chi connectivity index (χ3v) is 5.80. The van der Waals surface area contributed by atoms with Crippen LogP contribution in [-0.4, -0.2) is 41.0 Å².